The van der Waals surface area contributed by atoms with Crippen LogP contribution in [0.4, 0.5) is 0 Å². The number of rotatable bonds is 0. The maximum absolute atomic E-state index is 7.50. The largest absolute Gasteiger partial charge is 0.214 e. The topological polar surface area (TPSA) is 79.6 Å². The minimum Gasteiger partial charge on any atom is -0.214 e. The minimum atomic E-state index is 0. The van der Waals surface area contributed by atoms with Crippen molar-refractivity contribution < 1.29 is 84.6 Å². The van der Waals surface area contributed by atoms with Crippen molar-refractivity contribution in [2.45, 2.75) is 0 Å². The summed E-state index contributed by atoms with van der Waals surface area (Å²) in [4.78, 5) is 0. The summed E-state index contributed by atoms with van der Waals surface area (Å²) in [6.07, 6.45) is 0. The first-order valence-electron chi connectivity index (χ1n) is 7.48. The summed E-state index contributed by atoms with van der Waals surface area (Å²) in [5.41, 5.74) is 0. The molecule has 0 N–H and O–H groups in total. The molecule has 0 aromatic heterocycles. The van der Waals surface area contributed by atoms with Gasteiger partial charge in [-0.05, 0) is 0 Å². The third-order valence-electron chi connectivity index (χ3n) is 2.22. The Morgan fingerprint density at radius 2 is 0.375 bits per heavy atom. The summed E-state index contributed by atoms with van der Waals surface area (Å²) in [7, 11) is 0. The first-order chi connectivity index (χ1) is 14.0. The van der Waals surface area contributed by atoms with Gasteiger partial charge in [-0.25, -0.2) is 48.5 Å². The molecule has 4 aromatic carbocycles. The minimum absolute atomic E-state index is 0. The molecule has 0 aliphatic rings. The summed E-state index contributed by atoms with van der Waals surface area (Å²) in [6.45, 7) is 18.0. The van der Waals surface area contributed by atoms with Gasteiger partial charge in [0.15, 0.2) is 0 Å². The fourth-order valence-corrected chi connectivity index (χ4v) is 1.28. The third kappa shape index (κ3) is 63.0. The second kappa shape index (κ2) is 70.1. The third-order valence-corrected chi connectivity index (χ3v) is 2.22. The van der Waals surface area contributed by atoms with Gasteiger partial charge in [0, 0.05) is 66.0 Å². The molecule has 0 saturated heterocycles. The van der Waals surface area contributed by atoms with E-state index in [4.69, 9.17) is 18.6 Å². The van der Waals surface area contributed by atoms with Gasteiger partial charge in [0.1, 0.15) is 0 Å². The second-order valence-electron chi connectivity index (χ2n) is 3.85. The van der Waals surface area contributed by atoms with E-state index in [9.17, 15) is 0 Å². The van der Waals surface area contributed by atoms with E-state index in [1.165, 1.54) is 0 Å². The van der Waals surface area contributed by atoms with Crippen LogP contribution in [0, 0.1) is 26.6 Å². The predicted molar refractivity (Wildman–Crippen MR) is 104 cm³/mol. The van der Waals surface area contributed by atoms with Gasteiger partial charge in [-0.2, -0.15) is 72.8 Å². The van der Waals surface area contributed by atoms with Gasteiger partial charge >= 0.3 is 45.2 Å². The molecular formula is C24H20Ni4O4-4. The van der Waals surface area contributed by atoms with Crippen LogP contribution >= 0.6 is 0 Å². The molecule has 0 bridgehead atoms. The van der Waals surface area contributed by atoms with Crippen LogP contribution in [0.2, 0.25) is 0 Å². The Labute approximate surface area is 231 Å². The molecule has 0 unspecified atom stereocenters. The van der Waals surface area contributed by atoms with Crippen LogP contribution < -0.4 is 0 Å². The van der Waals surface area contributed by atoms with Crippen molar-refractivity contribution in [3.8, 4) is 0 Å². The van der Waals surface area contributed by atoms with Crippen LogP contribution in [0.3, 0.4) is 0 Å². The predicted octanol–water partition coefficient (Wildman–Crippen LogP) is 5.46. The molecule has 184 valence electrons. The van der Waals surface area contributed by atoms with Gasteiger partial charge in [-0.3, -0.25) is 0 Å². The maximum Gasteiger partial charge on any atom is 0 e. The molecule has 0 atom stereocenters. The fourth-order valence-electron chi connectivity index (χ4n) is 1.28. The molecule has 0 fully saturated rings. The molecule has 4 rings (SSSR count). The summed E-state index contributed by atoms with van der Waals surface area (Å²) in [5.74, 6) is 0. The van der Waals surface area contributed by atoms with E-state index >= 15 is 0 Å². The zero-order valence-corrected chi connectivity index (χ0v) is 20.4. The molecular weight excluding hydrogens is 587 g/mol. The van der Waals surface area contributed by atoms with Crippen LogP contribution in [0.5, 0.6) is 0 Å². The van der Waals surface area contributed by atoms with Crippen molar-refractivity contribution in [2.75, 3.05) is 0 Å². The van der Waals surface area contributed by atoms with E-state index in [1.54, 1.807) is 0 Å². The number of hydrogen-bond acceptors (Lipinski definition) is 0. The Morgan fingerprint density at radius 3 is 0.406 bits per heavy atom. The first-order valence-corrected chi connectivity index (χ1v) is 7.48. The van der Waals surface area contributed by atoms with Gasteiger partial charge in [0.05, 0.1) is 0 Å². The van der Waals surface area contributed by atoms with Gasteiger partial charge in [-0.1, -0.05) is 0 Å². The zero-order chi connectivity index (χ0) is 22.1. The molecule has 0 radical (unpaired) electrons. The zero-order valence-electron chi connectivity index (χ0n) is 16.4. The van der Waals surface area contributed by atoms with Gasteiger partial charge < -0.3 is 0 Å². The Morgan fingerprint density at radius 1 is 0.281 bits per heavy atom. The molecule has 0 heterocycles. The van der Waals surface area contributed by atoms with E-state index in [0.29, 0.717) is 0 Å². The molecule has 8 heteroatoms. The molecule has 0 saturated carbocycles. The van der Waals surface area contributed by atoms with E-state index in [1.807, 2.05) is 121 Å². The molecule has 0 spiro atoms. The van der Waals surface area contributed by atoms with Crippen LogP contribution in [0.25, 0.3) is 0 Å². The van der Waals surface area contributed by atoms with Gasteiger partial charge in [0.25, 0.3) is 0 Å². The van der Waals surface area contributed by atoms with E-state index in [-0.39, 0.29) is 66.0 Å². The standard InChI is InChI=1S/4C5H5.4CO.4Ni/c4*1-2-4-5-3-1;4*1-2;;;;/h4*1-5H;;;;;;;;/q4*-1;;;;;;;;. The first kappa shape index (κ1) is 52.3. The second-order valence-corrected chi connectivity index (χ2v) is 3.85. The molecule has 4 nitrogen and oxygen atoms in total. The van der Waals surface area contributed by atoms with Crippen LogP contribution in [0.15, 0.2) is 121 Å². The summed E-state index contributed by atoms with van der Waals surface area (Å²) in [6, 6.07) is 40.0. The van der Waals surface area contributed by atoms with Crippen molar-refractivity contribution in [3.05, 3.63) is 148 Å². The average Bonchev–Trinajstić information content (AvgIpc) is 3.66. The van der Waals surface area contributed by atoms with Crippen molar-refractivity contribution in [1.82, 2.24) is 0 Å². The average molecular weight is 607 g/mol. The van der Waals surface area contributed by atoms with Crippen molar-refractivity contribution in [1.29, 1.82) is 0 Å². The summed E-state index contributed by atoms with van der Waals surface area (Å²) >= 11 is 0. The van der Waals surface area contributed by atoms with Gasteiger partial charge in [-0.15, -0.1) is 0 Å². The maximum atomic E-state index is 7.50. The van der Waals surface area contributed by atoms with Crippen molar-refractivity contribution in [3.63, 3.8) is 0 Å². The fraction of sp³-hybridized carbons (Fsp3) is 0. The molecule has 4 aromatic rings. The Kier molecular flexibility index (Phi) is 115. The molecule has 0 aliphatic heterocycles. The molecule has 32 heavy (non-hydrogen) atoms. The smallest absolute Gasteiger partial charge is 0 e. The van der Waals surface area contributed by atoms with Crippen LogP contribution in [-0.4, -0.2) is 0 Å². The molecule has 0 amide bonds. The number of hydrogen-bond donors (Lipinski definition) is 0. The summed E-state index contributed by atoms with van der Waals surface area (Å²) < 4.78 is 30.0. The molecule has 0 aliphatic carbocycles. The normalized spacial score (nSPS) is 5.25. The van der Waals surface area contributed by atoms with E-state index < -0.39 is 0 Å². The Hall–Kier alpha value is -1.67. The monoisotopic (exact) mass is 604 g/mol. The quantitative estimate of drug-likeness (QED) is 0.145. The van der Waals surface area contributed by atoms with E-state index in [2.05, 4.69) is 26.6 Å². The van der Waals surface area contributed by atoms with Gasteiger partial charge in [0.2, 0.25) is 0 Å². The Balaban J connectivity index is -0.0000000350. The van der Waals surface area contributed by atoms with Crippen molar-refractivity contribution >= 4 is 0 Å². The SMILES string of the molecule is [C-]#[O+].[C-]#[O+].[C-]#[O+].[C-]#[O+].[Ni].[Ni].[Ni].[Ni].c1cc[cH-]c1.c1cc[cH-]c1.c1cc[cH-]c1.c1cc[cH-]c1. The van der Waals surface area contributed by atoms with E-state index in [0.717, 1.165) is 0 Å². The van der Waals surface area contributed by atoms with Crippen LogP contribution in [-0.2, 0) is 84.6 Å². The van der Waals surface area contributed by atoms with Crippen LogP contribution in [0.1, 0.15) is 0 Å². The van der Waals surface area contributed by atoms with Crippen molar-refractivity contribution in [2.24, 2.45) is 0 Å². The summed E-state index contributed by atoms with van der Waals surface area (Å²) in [5, 5.41) is 0. The Bertz CT molecular complexity index is 497.